The van der Waals surface area contributed by atoms with E-state index >= 15 is 0 Å². The average molecular weight is 283 g/mol. The van der Waals surface area contributed by atoms with E-state index in [0.717, 1.165) is 11.1 Å². The van der Waals surface area contributed by atoms with Gasteiger partial charge in [-0.3, -0.25) is 4.90 Å². The van der Waals surface area contributed by atoms with E-state index in [0.29, 0.717) is 5.92 Å². The Balaban J connectivity index is 2.58. The molecule has 0 aromatic heterocycles. The van der Waals surface area contributed by atoms with Crippen molar-refractivity contribution in [1.82, 2.24) is 4.90 Å². The van der Waals surface area contributed by atoms with Crippen LogP contribution in [0.3, 0.4) is 0 Å². The Morgan fingerprint density at radius 1 is 0.857 bits per heavy atom. The monoisotopic (exact) mass is 283 g/mol. The van der Waals surface area contributed by atoms with Crippen molar-refractivity contribution in [1.29, 1.82) is 0 Å². The van der Waals surface area contributed by atoms with Crippen LogP contribution in [-0.4, -0.2) is 24.1 Å². The first kappa shape index (κ1) is 15.7. The fourth-order valence-electron chi connectivity index (χ4n) is 3.14. The predicted molar refractivity (Wildman–Crippen MR) is 88.0 cm³/mol. The highest BCUT2D eigenvalue weighted by molar-refractivity contribution is 5.31. The van der Waals surface area contributed by atoms with Gasteiger partial charge in [0.15, 0.2) is 5.72 Å². The molecule has 0 aliphatic rings. The second-order valence-electron chi connectivity index (χ2n) is 6.12. The van der Waals surface area contributed by atoms with Crippen LogP contribution in [0.25, 0.3) is 0 Å². The second-order valence-corrected chi connectivity index (χ2v) is 6.12. The molecule has 0 heterocycles. The molecule has 0 aliphatic heterocycles. The van der Waals surface area contributed by atoms with Gasteiger partial charge in [0.25, 0.3) is 0 Å². The standard InChI is InChI=1S/C19H25NO/c1-15(2)18(16-11-7-5-8-12-16)19(21,20(3)4)17-13-9-6-10-14-17/h5-15,18,21H,1-4H3. The minimum atomic E-state index is -1.03. The summed E-state index contributed by atoms with van der Waals surface area (Å²) in [6.07, 6.45) is 0. The topological polar surface area (TPSA) is 23.5 Å². The van der Waals surface area contributed by atoms with Gasteiger partial charge in [-0.25, -0.2) is 0 Å². The van der Waals surface area contributed by atoms with E-state index in [-0.39, 0.29) is 5.92 Å². The molecule has 0 fully saturated rings. The zero-order valence-corrected chi connectivity index (χ0v) is 13.3. The number of hydrogen-bond donors (Lipinski definition) is 1. The van der Waals surface area contributed by atoms with Gasteiger partial charge in [-0.15, -0.1) is 0 Å². The molecule has 2 aromatic carbocycles. The third-order valence-corrected chi connectivity index (χ3v) is 4.14. The Morgan fingerprint density at radius 3 is 1.76 bits per heavy atom. The van der Waals surface area contributed by atoms with Crippen LogP contribution in [0.15, 0.2) is 60.7 Å². The van der Waals surface area contributed by atoms with Crippen molar-refractivity contribution in [3.63, 3.8) is 0 Å². The highest BCUT2D eigenvalue weighted by atomic mass is 16.3. The molecule has 0 saturated carbocycles. The van der Waals surface area contributed by atoms with Gasteiger partial charge >= 0.3 is 0 Å². The van der Waals surface area contributed by atoms with E-state index in [1.54, 1.807) is 0 Å². The summed E-state index contributed by atoms with van der Waals surface area (Å²) in [5, 5.41) is 11.6. The first-order chi connectivity index (χ1) is 9.98. The maximum atomic E-state index is 11.6. The molecular formula is C19H25NO. The molecule has 0 spiro atoms. The molecule has 0 radical (unpaired) electrons. The van der Waals surface area contributed by atoms with E-state index in [4.69, 9.17) is 0 Å². The summed E-state index contributed by atoms with van der Waals surface area (Å²) >= 11 is 0. The van der Waals surface area contributed by atoms with Gasteiger partial charge in [0.1, 0.15) is 0 Å². The third kappa shape index (κ3) is 3.02. The van der Waals surface area contributed by atoms with Gasteiger partial charge in [-0.05, 0) is 31.1 Å². The Morgan fingerprint density at radius 2 is 1.33 bits per heavy atom. The summed E-state index contributed by atoms with van der Waals surface area (Å²) in [5.74, 6) is 0.302. The molecule has 0 aliphatic carbocycles. The molecule has 21 heavy (non-hydrogen) atoms. The Bertz CT molecular complexity index is 550. The summed E-state index contributed by atoms with van der Waals surface area (Å²) in [7, 11) is 3.87. The number of hydrogen-bond acceptors (Lipinski definition) is 2. The van der Waals surface area contributed by atoms with Crippen molar-refractivity contribution < 1.29 is 5.11 Å². The van der Waals surface area contributed by atoms with E-state index < -0.39 is 5.72 Å². The summed E-state index contributed by atoms with van der Waals surface area (Å²) in [5.41, 5.74) is 1.06. The lowest BCUT2D eigenvalue weighted by molar-refractivity contribution is -0.122. The van der Waals surface area contributed by atoms with Crippen molar-refractivity contribution >= 4 is 0 Å². The molecule has 2 aromatic rings. The largest absolute Gasteiger partial charge is 0.371 e. The van der Waals surface area contributed by atoms with Gasteiger partial charge < -0.3 is 5.11 Å². The predicted octanol–water partition coefficient (Wildman–Crippen LogP) is 3.83. The Hall–Kier alpha value is -1.64. The molecule has 0 amide bonds. The lowest BCUT2D eigenvalue weighted by Gasteiger charge is -2.44. The molecule has 2 unspecified atom stereocenters. The summed E-state index contributed by atoms with van der Waals surface area (Å²) in [6, 6.07) is 20.2. The molecule has 0 saturated heterocycles. The highest BCUT2D eigenvalue weighted by Gasteiger charge is 2.43. The van der Waals surface area contributed by atoms with Crippen molar-refractivity contribution in [2.75, 3.05) is 14.1 Å². The molecule has 1 N–H and O–H groups in total. The van der Waals surface area contributed by atoms with Crippen molar-refractivity contribution in [2.24, 2.45) is 5.92 Å². The molecule has 2 heteroatoms. The minimum Gasteiger partial charge on any atom is -0.371 e. The first-order valence-corrected chi connectivity index (χ1v) is 7.48. The van der Waals surface area contributed by atoms with E-state index in [1.165, 1.54) is 0 Å². The summed E-state index contributed by atoms with van der Waals surface area (Å²) in [4.78, 5) is 1.92. The van der Waals surface area contributed by atoms with Crippen LogP contribution in [0.4, 0.5) is 0 Å². The van der Waals surface area contributed by atoms with Gasteiger partial charge in [-0.1, -0.05) is 74.5 Å². The van der Waals surface area contributed by atoms with Crippen LogP contribution < -0.4 is 0 Å². The number of aliphatic hydroxyl groups is 1. The molecule has 2 rings (SSSR count). The zero-order valence-electron chi connectivity index (χ0n) is 13.3. The average Bonchev–Trinajstić information content (AvgIpc) is 2.48. The van der Waals surface area contributed by atoms with Gasteiger partial charge in [-0.2, -0.15) is 0 Å². The second kappa shape index (κ2) is 6.42. The molecule has 0 bridgehead atoms. The van der Waals surface area contributed by atoms with Crippen LogP contribution in [0.1, 0.15) is 30.9 Å². The normalized spacial score (nSPS) is 16.0. The minimum absolute atomic E-state index is 0.00361. The Labute approximate surface area is 128 Å². The lowest BCUT2D eigenvalue weighted by atomic mass is 9.76. The van der Waals surface area contributed by atoms with E-state index in [9.17, 15) is 5.11 Å². The van der Waals surface area contributed by atoms with Crippen LogP contribution in [0.5, 0.6) is 0 Å². The van der Waals surface area contributed by atoms with Crippen LogP contribution in [0.2, 0.25) is 0 Å². The quantitative estimate of drug-likeness (QED) is 0.843. The maximum absolute atomic E-state index is 11.6. The van der Waals surface area contributed by atoms with Crippen LogP contribution in [0, 0.1) is 5.92 Å². The van der Waals surface area contributed by atoms with E-state index in [2.05, 4.69) is 26.0 Å². The summed E-state index contributed by atoms with van der Waals surface area (Å²) in [6.45, 7) is 4.32. The molecule has 2 atom stereocenters. The molecular weight excluding hydrogens is 258 g/mol. The van der Waals surface area contributed by atoms with Crippen molar-refractivity contribution in [3.8, 4) is 0 Å². The lowest BCUT2D eigenvalue weighted by Crippen LogP contribution is -2.48. The summed E-state index contributed by atoms with van der Waals surface area (Å²) < 4.78 is 0. The first-order valence-electron chi connectivity index (χ1n) is 7.48. The number of rotatable bonds is 5. The number of nitrogens with zero attached hydrogens (tertiary/aromatic N) is 1. The van der Waals surface area contributed by atoms with Crippen LogP contribution >= 0.6 is 0 Å². The Kier molecular flexibility index (Phi) is 4.81. The SMILES string of the molecule is CC(C)C(c1ccccc1)C(O)(c1ccccc1)N(C)C. The zero-order chi connectivity index (χ0) is 15.5. The maximum Gasteiger partial charge on any atom is 0.151 e. The number of likely N-dealkylation sites (N-methyl/N-ethyl adjacent to an activating group) is 1. The smallest absolute Gasteiger partial charge is 0.151 e. The van der Waals surface area contributed by atoms with Crippen molar-refractivity contribution in [2.45, 2.75) is 25.5 Å². The van der Waals surface area contributed by atoms with Gasteiger partial charge in [0, 0.05) is 5.92 Å². The highest BCUT2D eigenvalue weighted by Crippen LogP contribution is 2.43. The molecule has 2 nitrogen and oxygen atoms in total. The number of benzene rings is 2. The van der Waals surface area contributed by atoms with Crippen molar-refractivity contribution in [3.05, 3.63) is 71.8 Å². The van der Waals surface area contributed by atoms with Gasteiger partial charge in [0.2, 0.25) is 0 Å². The van der Waals surface area contributed by atoms with Gasteiger partial charge in [0.05, 0.1) is 0 Å². The third-order valence-electron chi connectivity index (χ3n) is 4.14. The fourth-order valence-corrected chi connectivity index (χ4v) is 3.14. The van der Waals surface area contributed by atoms with Crippen LogP contribution in [-0.2, 0) is 5.72 Å². The van der Waals surface area contributed by atoms with E-state index in [1.807, 2.05) is 67.5 Å². The molecule has 112 valence electrons. The fraction of sp³-hybridized carbons (Fsp3) is 0.368.